The lowest BCUT2D eigenvalue weighted by Crippen LogP contribution is -2.59. The highest BCUT2D eigenvalue weighted by Gasteiger charge is 2.74. The number of methoxy groups -OCH3 is 1. The van der Waals surface area contributed by atoms with E-state index in [1.807, 2.05) is 26.0 Å². The van der Waals surface area contributed by atoms with Crippen molar-refractivity contribution in [2.24, 2.45) is 5.92 Å². The van der Waals surface area contributed by atoms with Crippen molar-refractivity contribution >= 4 is 5.69 Å². The van der Waals surface area contributed by atoms with Crippen LogP contribution in [-0.4, -0.2) is 54.8 Å². The van der Waals surface area contributed by atoms with E-state index in [-0.39, 0.29) is 36.9 Å². The van der Waals surface area contributed by atoms with Gasteiger partial charge in [-0.1, -0.05) is 12.1 Å². The van der Waals surface area contributed by atoms with E-state index in [2.05, 4.69) is 24.4 Å². The monoisotopic (exact) mass is 335 g/mol. The summed E-state index contributed by atoms with van der Waals surface area (Å²) in [4.78, 5) is 0. The van der Waals surface area contributed by atoms with E-state index >= 15 is 0 Å². The number of aryl methyl sites for hydroxylation is 1. The molecule has 0 spiro atoms. The Balaban J connectivity index is 1.67. The Bertz CT molecular complexity index is 636. The van der Waals surface area contributed by atoms with Crippen molar-refractivity contribution in [3.05, 3.63) is 29.8 Å². The highest BCUT2D eigenvalue weighted by molar-refractivity contribution is 5.47. The highest BCUT2D eigenvalue weighted by atomic mass is 16.8. The van der Waals surface area contributed by atoms with Crippen molar-refractivity contribution in [2.45, 2.75) is 56.7 Å². The molecule has 24 heavy (non-hydrogen) atoms. The molecule has 0 aliphatic carbocycles. The van der Waals surface area contributed by atoms with Crippen LogP contribution in [0.25, 0.3) is 0 Å². The maximum Gasteiger partial charge on any atom is 0.204 e. The fourth-order valence-corrected chi connectivity index (χ4v) is 4.41. The summed E-state index contributed by atoms with van der Waals surface area (Å²) in [6, 6.07) is 8.03. The van der Waals surface area contributed by atoms with Gasteiger partial charge in [-0.2, -0.15) is 0 Å². The lowest BCUT2D eigenvalue weighted by Gasteiger charge is -2.39. The topological polar surface area (TPSA) is 69.2 Å². The molecule has 132 valence electrons. The quantitative estimate of drug-likeness (QED) is 0.872. The maximum absolute atomic E-state index is 10.0. The third-order valence-corrected chi connectivity index (χ3v) is 5.34. The van der Waals surface area contributed by atoms with Gasteiger partial charge in [0.25, 0.3) is 0 Å². The van der Waals surface area contributed by atoms with Crippen LogP contribution in [0.2, 0.25) is 0 Å². The fourth-order valence-electron chi connectivity index (χ4n) is 4.41. The van der Waals surface area contributed by atoms with Crippen LogP contribution in [-0.2, 0) is 18.9 Å². The Morgan fingerprint density at radius 3 is 2.67 bits per heavy atom. The van der Waals surface area contributed by atoms with Crippen LogP contribution in [0, 0.1) is 12.8 Å². The predicted octanol–water partition coefficient (Wildman–Crippen LogP) is 1.66. The molecule has 0 saturated carbocycles. The largest absolute Gasteiger partial charge is 0.396 e. The van der Waals surface area contributed by atoms with Crippen molar-refractivity contribution < 1.29 is 24.1 Å². The lowest BCUT2D eigenvalue weighted by molar-refractivity contribution is -0.278. The molecule has 1 aromatic rings. The van der Waals surface area contributed by atoms with E-state index in [4.69, 9.17) is 18.9 Å². The van der Waals surface area contributed by atoms with E-state index in [9.17, 15) is 5.11 Å². The third-order valence-electron chi connectivity index (χ3n) is 5.34. The average Bonchev–Trinajstić information content (AvgIpc) is 3.11. The third kappa shape index (κ3) is 2.21. The molecule has 1 aromatic carbocycles. The van der Waals surface area contributed by atoms with Gasteiger partial charge in [-0.15, -0.1) is 0 Å². The fraction of sp³-hybridized carbons (Fsp3) is 0.667. The standard InChI is InChI=1S/C18H25NO5/c1-10-6-5-7-11(8-10)19-13-12(9-20)18(21-4)16-15(14(13)23-18)22-17(2,3)24-16/h5-8,12-16,19-20H,9H2,1-4H3/t12-,13+,14+,15+,16+,18-/m0/s1. The minimum absolute atomic E-state index is 0.0547. The first-order valence-electron chi connectivity index (χ1n) is 8.43. The van der Waals surface area contributed by atoms with Crippen LogP contribution in [0.5, 0.6) is 0 Å². The second-order valence-corrected chi connectivity index (χ2v) is 7.36. The Morgan fingerprint density at radius 1 is 1.21 bits per heavy atom. The Labute approximate surface area is 142 Å². The number of benzene rings is 1. The van der Waals surface area contributed by atoms with Gasteiger partial charge < -0.3 is 29.4 Å². The van der Waals surface area contributed by atoms with Crippen LogP contribution in [0.3, 0.4) is 0 Å². The van der Waals surface area contributed by atoms with E-state index in [0.29, 0.717) is 0 Å². The molecule has 2 bridgehead atoms. The number of hydrogen-bond donors (Lipinski definition) is 2. The maximum atomic E-state index is 10.0. The van der Waals surface area contributed by atoms with Crippen molar-refractivity contribution in [3.63, 3.8) is 0 Å². The number of fused-ring (bicyclic) bond motifs is 5. The predicted molar refractivity (Wildman–Crippen MR) is 87.6 cm³/mol. The van der Waals surface area contributed by atoms with E-state index in [1.165, 1.54) is 5.56 Å². The van der Waals surface area contributed by atoms with Gasteiger partial charge in [0.15, 0.2) is 5.79 Å². The molecule has 3 aliphatic heterocycles. The molecular formula is C18H25NO5. The molecule has 6 nitrogen and oxygen atoms in total. The Morgan fingerprint density at radius 2 is 2.00 bits per heavy atom. The molecular weight excluding hydrogens is 310 g/mol. The van der Waals surface area contributed by atoms with Crippen LogP contribution < -0.4 is 5.32 Å². The van der Waals surface area contributed by atoms with Crippen LogP contribution >= 0.6 is 0 Å². The van der Waals surface area contributed by atoms with Gasteiger partial charge >= 0.3 is 0 Å². The van der Waals surface area contributed by atoms with Crippen molar-refractivity contribution in [3.8, 4) is 0 Å². The van der Waals surface area contributed by atoms with Gasteiger partial charge in [-0.25, -0.2) is 0 Å². The number of anilines is 1. The van der Waals surface area contributed by atoms with Crippen LogP contribution in [0.4, 0.5) is 5.69 Å². The molecule has 3 aliphatic rings. The smallest absolute Gasteiger partial charge is 0.204 e. The molecule has 6 atom stereocenters. The first-order valence-corrected chi connectivity index (χ1v) is 8.43. The van der Waals surface area contributed by atoms with E-state index in [1.54, 1.807) is 7.11 Å². The summed E-state index contributed by atoms with van der Waals surface area (Å²) in [5.74, 6) is -1.91. The lowest BCUT2D eigenvalue weighted by atomic mass is 9.78. The summed E-state index contributed by atoms with van der Waals surface area (Å²) in [6.07, 6.45) is -0.797. The second-order valence-electron chi connectivity index (χ2n) is 7.36. The molecule has 0 unspecified atom stereocenters. The number of hydrogen-bond acceptors (Lipinski definition) is 6. The second kappa shape index (κ2) is 5.41. The molecule has 2 N–H and O–H groups in total. The van der Waals surface area contributed by atoms with Gasteiger partial charge in [0.2, 0.25) is 5.79 Å². The van der Waals surface area contributed by atoms with Crippen molar-refractivity contribution in [1.82, 2.24) is 0 Å². The zero-order valence-electron chi connectivity index (χ0n) is 14.5. The summed E-state index contributed by atoms with van der Waals surface area (Å²) < 4.78 is 24.1. The molecule has 0 amide bonds. The van der Waals surface area contributed by atoms with Gasteiger partial charge in [0.05, 0.1) is 18.6 Å². The van der Waals surface area contributed by atoms with Gasteiger partial charge in [0, 0.05) is 12.8 Å². The molecule has 3 fully saturated rings. The Hall–Kier alpha value is -1.18. The normalized spacial score (nSPS) is 42.3. The van der Waals surface area contributed by atoms with Gasteiger partial charge in [0.1, 0.15) is 18.3 Å². The van der Waals surface area contributed by atoms with Crippen LogP contribution in [0.1, 0.15) is 19.4 Å². The molecule has 6 heteroatoms. The SMILES string of the molecule is CO[C@]12O[C@H]([C@H](Nc3cccc(C)c3)[C@@H]1CO)[C@H]1OC(C)(C)O[C@H]12. The zero-order valence-corrected chi connectivity index (χ0v) is 14.5. The zero-order chi connectivity index (χ0) is 17.1. The molecule has 3 saturated heterocycles. The molecule has 0 radical (unpaired) electrons. The number of nitrogens with one attached hydrogen (secondary N) is 1. The average molecular weight is 335 g/mol. The molecule has 4 rings (SSSR count). The van der Waals surface area contributed by atoms with Crippen molar-refractivity contribution in [2.75, 3.05) is 19.0 Å². The molecule has 0 aromatic heterocycles. The minimum Gasteiger partial charge on any atom is -0.396 e. The summed E-state index contributed by atoms with van der Waals surface area (Å²) in [5, 5.41) is 13.6. The van der Waals surface area contributed by atoms with Gasteiger partial charge in [-0.05, 0) is 38.5 Å². The van der Waals surface area contributed by atoms with Crippen molar-refractivity contribution in [1.29, 1.82) is 0 Å². The first-order chi connectivity index (χ1) is 11.4. The summed E-state index contributed by atoms with van der Waals surface area (Å²) in [7, 11) is 1.60. The first kappa shape index (κ1) is 16.3. The number of rotatable bonds is 4. The molecule has 3 heterocycles. The summed E-state index contributed by atoms with van der Waals surface area (Å²) >= 11 is 0. The summed E-state index contributed by atoms with van der Waals surface area (Å²) in [5.41, 5.74) is 2.17. The van der Waals surface area contributed by atoms with Gasteiger partial charge in [-0.3, -0.25) is 0 Å². The minimum atomic E-state index is -0.987. The highest BCUT2D eigenvalue weighted by Crippen LogP contribution is 2.55. The van der Waals surface area contributed by atoms with E-state index < -0.39 is 11.6 Å². The Kier molecular flexibility index (Phi) is 3.67. The number of aliphatic hydroxyl groups excluding tert-OH is 1. The van der Waals surface area contributed by atoms with Crippen LogP contribution in [0.15, 0.2) is 24.3 Å². The number of aliphatic hydroxyl groups is 1. The number of ether oxygens (including phenoxy) is 4. The summed E-state index contributed by atoms with van der Waals surface area (Å²) in [6.45, 7) is 5.78. The van der Waals surface area contributed by atoms with E-state index in [0.717, 1.165) is 5.69 Å².